The monoisotopic (exact) mass is 352 g/mol. The Bertz CT molecular complexity index is 857. The van der Waals surface area contributed by atoms with Gasteiger partial charge in [-0.2, -0.15) is 0 Å². The van der Waals surface area contributed by atoms with Crippen LogP contribution in [0.3, 0.4) is 0 Å². The maximum Gasteiger partial charge on any atom is 0.128 e. The van der Waals surface area contributed by atoms with E-state index in [2.05, 4.69) is 10.3 Å². The van der Waals surface area contributed by atoms with Crippen molar-refractivity contribution in [2.75, 3.05) is 26.8 Å². The number of ether oxygens (including phenoxy) is 2. The average molecular weight is 352 g/mol. The lowest BCUT2D eigenvalue weighted by atomic mass is 10.2. The van der Waals surface area contributed by atoms with Crippen molar-refractivity contribution < 1.29 is 14.6 Å². The molecule has 0 fully saturated rings. The number of para-hydroxylation sites is 1. The van der Waals surface area contributed by atoms with E-state index in [1.807, 2.05) is 66.9 Å². The number of benzene rings is 2. The molecule has 136 valence electrons. The minimum atomic E-state index is -0.580. The minimum absolute atomic E-state index is 0.244. The molecule has 0 aliphatic heterocycles. The first-order chi connectivity index (χ1) is 12.8. The quantitative estimate of drug-likeness (QED) is 0.517. The highest BCUT2D eigenvalue weighted by Crippen LogP contribution is 2.24. The highest BCUT2D eigenvalue weighted by atomic mass is 16.5. The van der Waals surface area contributed by atoms with Crippen LogP contribution in [0.1, 0.15) is 5.56 Å². The van der Waals surface area contributed by atoms with Crippen LogP contribution in [-0.4, -0.2) is 43.0 Å². The summed E-state index contributed by atoms with van der Waals surface area (Å²) in [5, 5.41) is 14.3. The topological polar surface area (TPSA) is 66.5 Å². The van der Waals surface area contributed by atoms with Crippen molar-refractivity contribution in [3.8, 4) is 11.5 Å². The van der Waals surface area contributed by atoms with Crippen molar-refractivity contribution >= 4 is 17.0 Å². The Kier molecular flexibility index (Phi) is 6.30. The molecule has 26 heavy (non-hydrogen) atoms. The van der Waals surface area contributed by atoms with Gasteiger partial charge >= 0.3 is 0 Å². The molecule has 3 N–H and O–H groups in total. The van der Waals surface area contributed by atoms with Crippen molar-refractivity contribution in [3.63, 3.8) is 0 Å². The van der Waals surface area contributed by atoms with Gasteiger partial charge in [-0.05, 0) is 24.3 Å². The third-order valence-electron chi connectivity index (χ3n) is 4.06. The predicted molar refractivity (Wildman–Crippen MR) is 105 cm³/mol. The molecule has 2 aromatic carbocycles. The van der Waals surface area contributed by atoms with E-state index >= 15 is 0 Å². The molecule has 1 heterocycles. The molecule has 0 aliphatic carbocycles. The van der Waals surface area contributed by atoms with Crippen LogP contribution >= 0.6 is 0 Å². The highest BCUT2D eigenvalue weighted by Gasteiger charge is 2.07. The summed E-state index contributed by atoms with van der Waals surface area (Å²) < 4.78 is 11.1. The molecule has 3 rings (SSSR count). The molecule has 0 radical (unpaired) electrons. The van der Waals surface area contributed by atoms with Crippen molar-refractivity contribution in [3.05, 3.63) is 66.4 Å². The molecule has 0 aliphatic rings. The molecule has 5 heteroatoms. The number of nitrogens with one attached hydrogen (secondary N) is 2. The predicted octanol–water partition coefficient (Wildman–Crippen LogP) is 3.22. The molecule has 0 spiro atoms. The van der Waals surface area contributed by atoms with Gasteiger partial charge in [-0.15, -0.1) is 0 Å². The molecule has 5 nitrogen and oxygen atoms in total. The normalized spacial score (nSPS) is 12.5. The van der Waals surface area contributed by atoms with Gasteiger partial charge in [-0.1, -0.05) is 36.4 Å². The third kappa shape index (κ3) is 4.65. The lowest BCUT2D eigenvalue weighted by Gasteiger charge is -2.13. The number of rotatable bonds is 9. The van der Waals surface area contributed by atoms with Crippen molar-refractivity contribution in [2.45, 2.75) is 6.10 Å². The summed E-state index contributed by atoms with van der Waals surface area (Å²) in [5.74, 6) is 1.62. The fourth-order valence-electron chi connectivity index (χ4n) is 2.75. The Morgan fingerprint density at radius 3 is 2.85 bits per heavy atom. The number of aromatic nitrogens is 1. The fourth-order valence-corrected chi connectivity index (χ4v) is 2.75. The number of fused-ring (bicyclic) bond motifs is 1. The van der Waals surface area contributed by atoms with Crippen LogP contribution in [0.2, 0.25) is 0 Å². The summed E-state index contributed by atoms with van der Waals surface area (Å²) in [6.45, 7) is 1.36. The summed E-state index contributed by atoms with van der Waals surface area (Å²) in [7, 11) is 1.66. The first-order valence-corrected chi connectivity index (χ1v) is 8.65. The summed E-state index contributed by atoms with van der Waals surface area (Å²) >= 11 is 0. The molecule has 0 bridgehead atoms. The van der Waals surface area contributed by atoms with Gasteiger partial charge in [0.1, 0.15) is 24.2 Å². The largest absolute Gasteiger partial charge is 0.496 e. The van der Waals surface area contributed by atoms with Crippen LogP contribution in [0.5, 0.6) is 11.5 Å². The van der Waals surface area contributed by atoms with Gasteiger partial charge in [0.15, 0.2) is 0 Å². The smallest absolute Gasteiger partial charge is 0.128 e. The van der Waals surface area contributed by atoms with Crippen LogP contribution in [0, 0.1) is 0 Å². The lowest BCUT2D eigenvalue weighted by molar-refractivity contribution is 0.108. The number of aromatic amines is 1. The van der Waals surface area contributed by atoms with Gasteiger partial charge in [0, 0.05) is 35.8 Å². The maximum atomic E-state index is 10.1. The number of hydrogen-bond acceptors (Lipinski definition) is 4. The highest BCUT2D eigenvalue weighted by molar-refractivity contribution is 5.85. The molecule has 0 saturated heterocycles. The van der Waals surface area contributed by atoms with Gasteiger partial charge < -0.3 is 24.9 Å². The second-order valence-electron chi connectivity index (χ2n) is 5.96. The fraction of sp³-hybridized carbons (Fsp3) is 0.238. The summed E-state index contributed by atoms with van der Waals surface area (Å²) in [6, 6.07) is 15.7. The Hall–Kier alpha value is -2.76. The molecule has 1 aromatic heterocycles. The average Bonchev–Trinajstić information content (AvgIpc) is 3.15. The first kappa shape index (κ1) is 18.0. The number of methoxy groups -OCH3 is 1. The maximum absolute atomic E-state index is 10.1. The molecule has 1 unspecified atom stereocenters. The molecule has 1 atom stereocenters. The van der Waals surface area contributed by atoms with E-state index in [9.17, 15) is 5.11 Å². The summed E-state index contributed by atoms with van der Waals surface area (Å²) in [4.78, 5) is 3.15. The third-order valence-corrected chi connectivity index (χ3v) is 4.06. The van der Waals surface area contributed by atoms with E-state index in [0.29, 0.717) is 13.1 Å². The van der Waals surface area contributed by atoms with Gasteiger partial charge in [0.2, 0.25) is 0 Å². The van der Waals surface area contributed by atoms with Crippen LogP contribution in [0.15, 0.2) is 60.8 Å². The number of aliphatic hydroxyl groups is 1. The van der Waals surface area contributed by atoms with Gasteiger partial charge in [-0.3, -0.25) is 0 Å². The van der Waals surface area contributed by atoms with Crippen molar-refractivity contribution in [1.29, 1.82) is 0 Å². The molecule has 3 aromatic rings. The van der Waals surface area contributed by atoms with E-state index in [1.165, 1.54) is 0 Å². The van der Waals surface area contributed by atoms with E-state index in [4.69, 9.17) is 9.47 Å². The van der Waals surface area contributed by atoms with Crippen LogP contribution in [0.4, 0.5) is 0 Å². The Morgan fingerprint density at radius 2 is 1.96 bits per heavy atom. The Labute approximate surface area is 153 Å². The van der Waals surface area contributed by atoms with E-state index in [0.717, 1.165) is 28.0 Å². The van der Waals surface area contributed by atoms with Crippen LogP contribution in [0.25, 0.3) is 17.0 Å². The first-order valence-electron chi connectivity index (χ1n) is 8.65. The van der Waals surface area contributed by atoms with Crippen molar-refractivity contribution in [1.82, 2.24) is 10.3 Å². The van der Waals surface area contributed by atoms with E-state index in [-0.39, 0.29) is 6.61 Å². The number of aliphatic hydroxyl groups excluding tert-OH is 1. The molecule has 0 saturated carbocycles. The standard InChI is InChI=1S/C21H24N2O3/c1-25-20-9-3-2-6-16(20)7-5-12-22-14-17(24)15-26-21-10-4-8-19-18(21)11-13-23-19/h2-11,13,17,22-24H,12,14-15H2,1H3. The Morgan fingerprint density at radius 1 is 1.12 bits per heavy atom. The number of hydrogen-bond donors (Lipinski definition) is 3. The van der Waals surface area contributed by atoms with Gasteiger partial charge in [0.05, 0.1) is 7.11 Å². The second kappa shape index (κ2) is 9.08. The molecular weight excluding hydrogens is 328 g/mol. The minimum Gasteiger partial charge on any atom is -0.496 e. The zero-order valence-electron chi connectivity index (χ0n) is 14.8. The molecule has 0 amide bonds. The summed E-state index contributed by atoms with van der Waals surface area (Å²) in [6.07, 6.45) is 5.31. The lowest BCUT2D eigenvalue weighted by Crippen LogP contribution is -2.31. The zero-order valence-corrected chi connectivity index (χ0v) is 14.8. The Balaban J connectivity index is 1.41. The SMILES string of the molecule is COc1ccccc1C=CCNCC(O)COc1cccc2[nH]ccc12. The second-order valence-corrected chi connectivity index (χ2v) is 5.96. The van der Waals surface area contributed by atoms with Gasteiger partial charge in [-0.25, -0.2) is 0 Å². The number of H-pyrrole nitrogens is 1. The zero-order chi connectivity index (χ0) is 18.2. The van der Waals surface area contributed by atoms with Gasteiger partial charge in [0.25, 0.3) is 0 Å². The van der Waals surface area contributed by atoms with Crippen molar-refractivity contribution in [2.24, 2.45) is 0 Å². The van der Waals surface area contributed by atoms with E-state index < -0.39 is 6.10 Å². The summed E-state index contributed by atoms with van der Waals surface area (Å²) in [5.41, 5.74) is 2.05. The van der Waals surface area contributed by atoms with E-state index in [1.54, 1.807) is 7.11 Å². The molecular formula is C21H24N2O3. The van der Waals surface area contributed by atoms with Crippen LogP contribution < -0.4 is 14.8 Å². The van der Waals surface area contributed by atoms with Crippen LogP contribution in [-0.2, 0) is 0 Å².